The number of hydrogen-bond donors (Lipinski definition) is 1. The number of rotatable bonds is 3. The van der Waals surface area contributed by atoms with Gasteiger partial charge in [0.1, 0.15) is 17.6 Å². The van der Waals surface area contributed by atoms with Crippen molar-refractivity contribution in [2.24, 2.45) is 0 Å². The molecule has 0 radical (unpaired) electrons. The van der Waals surface area contributed by atoms with E-state index in [9.17, 15) is 4.79 Å². The molecule has 1 N–H and O–H groups in total. The molecule has 1 unspecified atom stereocenters. The van der Waals surface area contributed by atoms with Crippen molar-refractivity contribution in [2.45, 2.75) is 19.0 Å². The van der Waals surface area contributed by atoms with Crippen molar-refractivity contribution in [3.63, 3.8) is 0 Å². The first kappa shape index (κ1) is 12.0. The molecular weight excluding hydrogens is 246 g/mol. The van der Waals surface area contributed by atoms with Crippen molar-refractivity contribution in [2.75, 3.05) is 13.6 Å². The van der Waals surface area contributed by atoms with Gasteiger partial charge in [0, 0.05) is 6.54 Å². The summed E-state index contributed by atoms with van der Waals surface area (Å²) in [6.45, 7) is 1.07. The van der Waals surface area contributed by atoms with Crippen LogP contribution < -0.4 is 5.32 Å². The van der Waals surface area contributed by atoms with Gasteiger partial charge in [-0.05, 0) is 25.1 Å². The predicted octanol–water partition coefficient (Wildman–Crippen LogP) is 1.11. The van der Waals surface area contributed by atoms with Gasteiger partial charge in [0.15, 0.2) is 6.39 Å². The molecule has 0 saturated carbocycles. The average molecular weight is 261 g/mol. The fourth-order valence-electron chi connectivity index (χ4n) is 2.39. The molecule has 3 heterocycles. The van der Waals surface area contributed by atoms with Crippen molar-refractivity contribution >= 4 is 5.91 Å². The number of carbonyl (C=O) groups is 1. The molecule has 0 bridgehead atoms. The van der Waals surface area contributed by atoms with Gasteiger partial charge in [0.2, 0.25) is 5.91 Å². The molecule has 6 heteroatoms. The maximum absolute atomic E-state index is 12.5. The zero-order valence-electron chi connectivity index (χ0n) is 10.6. The van der Waals surface area contributed by atoms with Gasteiger partial charge in [0.25, 0.3) is 0 Å². The Hall–Kier alpha value is -2.08. The van der Waals surface area contributed by atoms with E-state index in [1.54, 1.807) is 24.4 Å². The molecule has 1 amide bonds. The number of fused-ring (bicyclic) bond motifs is 1. The summed E-state index contributed by atoms with van der Waals surface area (Å²) in [6.07, 6.45) is 5.42. The fraction of sp³-hybridized carbons (Fsp3) is 0.385. The van der Waals surface area contributed by atoms with Crippen molar-refractivity contribution in [3.8, 4) is 0 Å². The first-order valence-corrected chi connectivity index (χ1v) is 6.19. The van der Waals surface area contributed by atoms with Crippen molar-refractivity contribution in [1.82, 2.24) is 15.2 Å². The molecule has 1 atom stereocenters. The number of hydrogen-bond acceptors (Lipinski definition) is 5. The van der Waals surface area contributed by atoms with Gasteiger partial charge >= 0.3 is 0 Å². The molecule has 6 nitrogen and oxygen atoms in total. The minimum absolute atomic E-state index is 0.00685. The third-order valence-corrected chi connectivity index (χ3v) is 3.37. The monoisotopic (exact) mass is 261 g/mol. The summed E-state index contributed by atoms with van der Waals surface area (Å²) in [5.74, 6) is 1.39. The van der Waals surface area contributed by atoms with Crippen LogP contribution in [0.2, 0.25) is 0 Å². The molecule has 0 aromatic carbocycles. The number of nitrogens with one attached hydrogen (secondary N) is 1. The fourth-order valence-corrected chi connectivity index (χ4v) is 2.39. The van der Waals surface area contributed by atoms with Crippen LogP contribution in [0.1, 0.15) is 23.1 Å². The second kappa shape index (κ2) is 4.89. The highest BCUT2D eigenvalue weighted by atomic mass is 16.3. The minimum Gasteiger partial charge on any atom is -0.467 e. The summed E-state index contributed by atoms with van der Waals surface area (Å²) >= 11 is 0. The topological polar surface area (TPSA) is 71.5 Å². The van der Waals surface area contributed by atoms with E-state index in [-0.39, 0.29) is 5.91 Å². The maximum atomic E-state index is 12.5. The van der Waals surface area contributed by atoms with Gasteiger partial charge in [-0.1, -0.05) is 0 Å². The van der Waals surface area contributed by atoms with Crippen LogP contribution in [-0.2, 0) is 17.8 Å². The van der Waals surface area contributed by atoms with Gasteiger partial charge in [-0.3, -0.25) is 4.79 Å². The highest BCUT2D eigenvalue weighted by molar-refractivity contribution is 5.83. The second-order valence-corrected chi connectivity index (χ2v) is 4.51. The van der Waals surface area contributed by atoms with Crippen molar-refractivity contribution < 1.29 is 13.6 Å². The van der Waals surface area contributed by atoms with Crippen LogP contribution >= 0.6 is 0 Å². The number of amides is 1. The van der Waals surface area contributed by atoms with E-state index in [1.165, 1.54) is 6.39 Å². The van der Waals surface area contributed by atoms with Crippen LogP contribution in [0.4, 0.5) is 0 Å². The first-order valence-electron chi connectivity index (χ1n) is 6.19. The lowest BCUT2D eigenvalue weighted by Gasteiger charge is -2.22. The third-order valence-electron chi connectivity index (χ3n) is 3.37. The summed E-state index contributed by atoms with van der Waals surface area (Å²) in [5.41, 5.74) is 1.08. The number of carbonyl (C=O) groups excluding carboxylic acids is 1. The maximum Gasteiger partial charge on any atom is 0.248 e. The largest absolute Gasteiger partial charge is 0.467 e. The molecule has 2 aromatic heterocycles. The number of oxazole rings is 1. The van der Waals surface area contributed by atoms with Gasteiger partial charge < -0.3 is 19.1 Å². The molecule has 19 heavy (non-hydrogen) atoms. The number of nitrogens with zero attached hydrogens (tertiary/aromatic N) is 2. The van der Waals surface area contributed by atoms with E-state index >= 15 is 0 Å². The summed E-state index contributed by atoms with van der Waals surface area (Å²) < 4.78 is 10.7. The highest BCUT2D eigenvalue weighted by Crippen LogP contribution is 2.26. The van der Waals surface area contributed by atoms with Crippen LogP contribution in [0, 0.1) is 0 Å². The Morgan fingerprint density at radius 3 is 3.16 bits per heavy atom. The van der Waals surface area contributed by atoms with Crippen LogP contribution in [0.15, 0.2) is 33.8 Å². The highest BCUT2D eigenvalue weighted by Gasteiger charge is 2.32. The lowest BCUT2D eigenvalue weighted by molar-refractivity contribution is -0.134. The molecule has 0 aliphatic carbocycles. The van der Waals surface area contributed by atoms with Gasteiger partial charge in [-0.25, -0.2) is 4.98 Å². The van der Waals surface area contributed by atoms with E-state index in [0.717, 1.165) is 12.0 Å². The SMILES string of the molecule is CNC1C(=O)N(Cc2cnco2)CCc2ccoc21. The van der Waals surface area contributed by atoms with Gasteiger partial charge in [0.05, 0.1) is 19.0 Å². The van der Waals surface area contributed by atoms with Crippen LogP contribution in [0.5, 0.6) is 0 Å². The van der Waals surface area contributed by atoms with Crippen molar-refractivity contribution in [1.29, 1.82) is 0 Å². The molecular formula is C13H15N3O3. The molecule has 0 saturated heterocycles. The second-order valence-electron chi connectivity index (χ2n) is 4.51. The quantitative estimate of drug-likeness (QED) is 0.896. The normalized spacial score (nSPS) is 19.3. The lowest BCUT2D eigenvalue weighted by atomic mass is 10.1. The Bertz CT molecular complexity index is 561. The Labute approximate surface area is 110 Å². The summed E-state index contributed by atoms with van der Waals surface area (Å²) in [6, 6.07) is 1.49. The summed E-state index contributed by atoms with van der Waals surface area (Å²) in [4.78, 5) is 18.1. The van der Waals surface area contributed by atoms with E-state index in [2.05, 4.69) is 10.3 Å². The molecule has 2 aromatic rings. The van der Waals surface area contributed by atoms with E-state index < -0.39 is 6.04 Å². The Balaban J connectivity index is 1.85. The molecule has 0 spiro atoms. The molecule has 3 rings (SSSR count). The predicted molar refractivity (Wildman–Crippen MR) is 66.1 cm³/mol. The molecule has 100 valence electrons. The summed E-state index contributed by atoms with van der Waals surface area (Å²) in [7, 11) is 1.76. The number of furan rings is 1. The Morgan fingerprint density at radius 1 is 1.53 bits per heavy atom. The summed E-state index contributed by atoms with van der Waals surface area (Å²) in [5, 5.41) is 3.01. The van der Waals surface area contributed by atoms with E-state index in [1.807, 2.05) is 6.07 Å². The Morgan fingerprint density at radius 2 is 2.42 bits per heavy atom. The van der Waals surface area contributed by atoms with E-state index in [4.69, 9.17) is 8.83 Å². The zero-order chi connectivity index (χ0) is 13.2. The number of aromatic nitrogens is 1. The van der Waals surface area contributed by atoms with Gasteiger partial charge in [-0.2, -0.15) is 0 Å². The van der Waals surface area contributed by atoms with Crippen LogP contribution in [0.3, 0.4) is 0 Å². The van der Waals surface area contributed by atoms with Crippen LogP contribution in [0.25, 0.3) is 0 Å². The lowest BCUT2D eigenvalue weighted by Crippen LogP contribution is -2.38. The standard InChI is InChI=1S/C13H15N3O3/c1-14-11-12-9(3-5-18-12)2-4-16(13(11)17)7-10-6-15-8-19-10/h3,5-6,8,11,14H,2,4,7H2,1H3. The Kier molecular flexibility index (Phi) is 3.08. The molecule has 0 fully saturated rings. The zero-order valence-corrected chi connectivity index (χ0v) is 10.6. The first-order chi connectivity index (χ1) is 9.29. The van der Waals surface area contributed by atoms with Gasteiger partial charge in [-0.15, -0.1) is 0 Å². The average Bonchev–Trinajstić information content (AvgIpc) is 3.04. The minimum atomic E-state index is -0.435. The molecule has 1 aliphatic rings. The van der Waals surface area contributed by atoms with E-state index in [0.29, 0.717) is 24.6 Å². The number of likely N-dealkylation sites (N-methyl/N-ethyl adjacent to an activating group) is 1. The third kappa shape index (κ3) is 2.15. The van der Waals surface area contributed by atoms with Crippen LogP contribution in [-0.4, -0.2) is 29.4 Å². The smallest absolute Gasteiger partial charge is 0.248 e. The van der Waals surface area contributed by atoms with Crippen molar-refractivity contribution in [3.05, 3.63) is 42.0 Å². The molecule has 1 aliphatic heterocycles.